The van der Waals surface area contributed by atoms with E-state index in [1.54, 1.807) is 20.8 Å². The molecule has 0 aliphatic heterocycles. The third-order valence-electron chi connectivity index (χ3n) is 0.179. The van der Waals surface area contributed by atoms with Crippen LogP contribution in [0.2, 0.25) is 0 Å². The summed E-state index contributed by atoms with van der Waals surface area (Å²) in [5.41, 5.74) is -0.500. The zero-order valence-electron chi connectivity index (χ0n) is 6.74. The molecule has 11 heavy (non-hydrogen) atoms. The van der Waals surface area contributed by atoms with Gasteiger partial charge in [-0.05, 0) is 20.8 Å². The Morgan fingerprint density at radius 1 is 1.09 bits per heavy atom. The molecule has 0 spiro atoms. The lowest BCUT2D eigenvalue weighted by Crippen LogP contribution is -2.12. The van der Waals surface area contributed by atoms with Crippen LogP contribution in [0.4, 0.5) is 13.2 Å². The molecule has 0 aliphatic carbocycles. The molecule has 2 nitrogen and oxygen atoms in total. The van der Waals surface area contributed by atoms with Crippen LogP contribution in [-0.4, -0.2) is 28.6 Å². The van der Waals surface area contributed by atoms with Gasteiger partial charge in [0, 0.05) is 0 Å². The van der Waals surface area contributed by atoms with Gasteiger partial charge < -0.3 is 10.2 Å². The number of hydrogen-bond donors (Lipinski definition) is 2. The SMILES string of the molecule is CC(C)(C)O.OCC(F)(F)F. The first-order valence-corrected chi connectivity index (χ1v) is 2.96. The van der Waals surface area contributed by atoms with Gasteiger partial charge in [-0.2, -0.15) is 13.2 Å². The third kappa shape index (κ3) is 78.6. The summed E-state index contributed by atoms with van der Waals surface area (Å²) < 4.78 is 31.6. The highest BCUT2D eigenvalue weighted by Crippen LogP contribution is 2.11. The van der Waals surface area contributed by atoms with Crippen molar-refractivity contribution in [3.8, 4) is 0 Å². The van der Waals surface area contributed by atoms with E-state index >= 15 is 0 Å². The zero-order valence-corrected chi connectivity index (χ0v) is 6.74. The molecule has 70 valence electrons. The number of halogens is 3. The van der Waals surface area contributed by atoms with E-state index in [-0.39, 0.29) is 0 Å². The van der Waals surface area contributed by atoms with Gasteiger partial charge in [0.1, 0.15) is 6.61 Å². The first-order valence-electron chi connectivity index (χ1n) is 2.96. The van der Waals surface area contributed by atoms with Gasteiger partial charge in [-0.25, -0.2) is 0 Å². The van der Waals surface area contributed by atoms with E-state index in [0.717, 1.165) is 0 Å². The molecule has 0 aromatic heterocycles. The first-order chi connectivity index (χ1) is 4.56. The van der Waals surface area contributed by atoms with Crippen molar-refractivity contribution >= 4 is 0 Å². The van der Waals surface area contributed by atoms with Crippen molar-refractivity contribution in [3.05, 3.63) is 0 Å². The highest BCUT2D eigenvalue weighted by molar-refractivity contribution is 4.50. The number of aliphatic hydroxyl groups excluding tert-OH is 1. The summed E-state index contributed by atoms with van der Waals surface area (Å²) in [5, 5.41) is 15.8. The molecule has 0 atom stereocenters. The highest BCUT2D eigenvalue weighted by atomic mass is 19.4. The van der Waals surface area contributed by atoms with E-state index in [4.69, 9.17) is 10.2 Å². The van der Waals surface area contributed by atoms with Gasteiger partial charge in [0.15, 0.2) is 0 Å². The van der Waals surface area contributed by atoms with E-state index in [2.05, 4.69) is 0 Å². The summed E-state index contributed by atoms with van der Waals surface area (Å²) in [6, 6.07) is 0. The highest BCUT2D eigenvalue weighted by Gasteiger charge is 2.24. The molecule has 0 rings (SSSR count). The van der Waals surface area contributed by atoms with E-state index < -0.39 is 18.4 Å². The van der Waals surface area contributed by atoms with Crippen molar-refractivity contribution in [2.75, 3.05) is 6.61 Å². The lowest BCUT2D eigenvalue weighted by Gasteiger charge is -2.04. The van der Waals surface area contributed by atoms with Crippen molar-refractivity contribution in [2.45, 2.75) is 32.5 Å². The standard InChI is InChI=1S/C4H10O.C2H3F3O/c1-4(2,3)5;3-2(4,5)1-6/h5H,1-3H3;6H,1H2. The fourth-order valence-electron chi connectivity index (χ4n) is 0. The van der Waals surface area contributed by atoms with Crippen LogP contribution in [0.3, 0.4) is 0 Å². The second-order valence-electron chi connectivity index (χ2n) is 2.94. The molecule has 0 aliphatic rings. The molecule has 5 heteroatoms. The second-order valence-corrected chi connectivity index (χ2v) is 2.94. The molecule has 0 aromatic carbocycles. The van der Waals surface area contributed by atoms with Crippen molar-refractivity contribution in [2.24, 2.45) is 0 Å². The average Bonchev–Trinajstić information content (AvgIpc) is 1.59. The first kappa shape index (κ1) is 13.3. The molecule has 0 saturated heterocycles. The molecule has 0 heterocycles. The quantitative estimate of drug-likeness (QED) is 0.581. The van der Waals surface area contributed by atoms with E-state index in [9.17, 15) is 13.2 Å². The minimum absolute atomic E-state index is 0.500. The summed E-state index contributed by atoms with van der Waals surface area (Å²) in [6.45, 7) is 3.50. The fourth-order valence-corrected chi connectivity index (χ4v) is 0. The van der Waals surface area contributed by atoms with Crippen LogP contribution in [0, 0.1) is 0 Å². The topological polar surface area (TPSA) is 40.5 Å². The Hall–Kier alpha value is -0.290. The Kier molecular flexibility index (Phi) is 5.52. The molecule has 0 saturated carbocycles. The van der Waals surface area contributed by atoms with Gasteiger partial charge >= 0.3 is 6.18 Å². The summed E-state index contributed by atoms with van der Waals surface area (Å²) in [5.74, 6) is 0. The van der Waals surface area contributed by atoms with Crippen LogP contribution in [0.5, 0.6) is 0 Å². The average molecular weight is 174 g/mol. The normalized spacial score (nSPS) is 12.0. The third-order valence-corrected chi connectivity index (χ3v) is 0.179. The van der Waals surface area contributed by atoms with Crippen molar-refractivity contribution in [3.63, 3.8) is 0 Å². The van der Waals surface area contributed by atoms with Crippen LogP contribution in [0.25, 0.3) is 0 Å². The summed E-state index contributed by atoms with van der Waals surface area (Å²) in [6.07, 6.45) is -4.40. The Morgan fingerprint density at radius 2 is 1.18 bits per heavy atom. The lowest BCUT2D eigenvalue weighted by atomic mass is 10.2. The minimum atomic E-state index is -4.40. The van der Waals surface area contributed by atoms with Crippen molar-refractivity contribution in [1.29, 1.82) is 0 Å². The maximum atomic E-state index is 10.5. The molecular formula is C6H13F3O2. The summed E-state index contributed by atoms with van der Waals surface area (Å²) >= 11 is 0. The molecule has 0 fully saturated rings. The number of rotatable bonds is 0. The van der Waals surface area contributed by atoms with Crippen molar-refractivity contribution in [1.82, 2.24) is 0 Å². The molecule has 2 N–H and O–H groups in total. The van der Waals surface area contributed by atoms with Crippen LogP contribution >= 0.6 is 0 Å². The van der Waals surface area contributed by atoms with Gasteiger partial charge in [0.2, 0.25) is 0 Å². The van der Waals surface area contributed by atoms with Crippen LogP contribution in [0.15, 0.2) is 0 Å². The van der Waals surface area contributed by atoms with Crippen LogP contribution in [0.1, 0.15) is 20.8 Å². The monoisotopic (exact) mass is 174 g/mol. The summed E-state index contributed by atoms with van der Waals surface area (Å²) in [4.78, 5) is 0. The van der Waals surface area contributed by atoms with Gasteiger partial charge in [-0.3, -0.25) is 0 Å². The zero-order chi connectivity index (χ0) is 9.71. The molecule has 0 unspecified atom stereocenters. The van der Waals surface area contributed by atoms with E-state index in [0.29, 0.717) is 0 Å². The predicted molar refractivity (Wildman–Crippen MR) is 35.1 cm³/mol. The largest absolute Gasteiger partial charge is 0.411 e. The Labute approximate surface area is 63.7 Å². The Bertz CT molecular complexity index is 87.0. The maximum Gasteiger partial charge on any atom is 0.411 e. The van der Waals surface area contributed by atoms with Gasteiger partial charge in [0.25, 0.3) is 0 Å². The molecule has 0 radical (unpaired) electrons. The van der Waals surface area contributed by atoms with Crippen LogP contribution in [-0.2, 0) is 0 Å². The maximum absolute atomic E-state index is 10.5. The van der Waals surface area contributed by atoms with E-state index in [1.165, 1.54) is 0 Å². The number of alkyl halides is 3. The second kappa shape index (κ2) is 4.56. The van der Waals surface area contributed by atoms with Crippen molar-refractivity contribution < 1.29 is 23.4 Å². The Balaban J connectivity index is 0. The number of hydrogen-bond acceptors (Lipinski definition) is 2. The van der Waals surface area contributed by atoms with Gasteiger partial charge in [-0.1, -0.05) is 0 Å². The Morgan fingerprint density at radius 3 is 1.18 bits per heavy atom. The van der Waals surface area contributed by atoms with E-state index in [1.807, 2.05) is 0 Å². The molecule has 0 aromatic rings. The van der Waals surface area contributed by atoms with Gasteiger partial charge in [-0.15, -0.1) is 0 Å². The smallest absolute Gasteiger partial charge is 0.391 e. The van der Waals surface area contributed by atoms with Gasteiger partial charge in [0.05, 0.1) is 5.60 Å². The number of aliphatic hydroxyl groups is 2. The lowest BCUT2D eigenvalue weighted by molar-refractivity contribution is -0.159. The summed E-state index contributed by atoms with van der Waals surface area (Å²) in [7, 11) is 0. The molecule has 0 bridgehead atoms. The predicted octanol–water partition coefficient (Wildman–Crippen LogP) is 1.32. The fraction of sp³-hybridized carbons (Fsp3) is 1.00. The molecular weight excluding hydrogens is 161 g/mol. The molecule has 0 amide bonds. The van der Waals surface area contributed by atoms with Crippen LogP contribution < -0.4 is 0 Å². The minimum Gasteiger partial charge on any atom is -0.391 e.